The molecule has 0 radical (unpaired) electrons. The Balaban J connectivity index is 0.00000101. The van der Waals surface area contributed by atoms with Crippen LogP contribution in [0.4, 0.5) is 5.82 Å². The number of amides is 1. The maximum Gasteiger partial charge on any atom is 0.290 e. The average Bonchev–Trinajstić information content (AvgIpc) is 3.15. The number of hydrogen-bond donors (Lipinski definition) is 3. The third-order valence-corrected chi connectivity index (χ3v) is 4.36. The van der Waals surface area contributed by atoms with Gasteiger partial charge in [-0.2, -0.15) is 5.10 Å². The van der Waals surface area contributed by atoms with Crippen LogP contribution in [-0.2, 0) is 11.2 Å². The van der Waals surface area contributed by atoms with Crippen LogP contribution in [0.5, 0.6) is 0 Å². The molecule has 9 nitrogen and oxygen atoms in total. The Morgan fingerprint density at radius 3 is 2.77 bits per heavy atom. The second-order valence-electron chi connectivity index (χ2n) is 6.75. The summed E-state index contributed by atoms with van der Waals surface area (Å²) in [6, 6.07) is 5.81. The molecule has 0 saturated carbocycles. The lowest BCUT2D eigenvalue weighted by Gasteiger charge is -2.09. The molecule has 160 valence electrons. The number of aryl methyl sites for hydroxylation is 3. The topological polar surface area (TPSA) is 122 Å². The lowest BCUT2D eigenvalue weighted by atomic mass is 10.2. The van der Waals surface area contributed by atoms with Gasteiger partial charge in [-0.05, 0) is 31.9 Å². The van der Waals surface area contributed by atoms with Crippen LogP contribution in [0, 0.1) is 13.8 Å². The first-order chi connectivity index (χ1) is 14.5. The van der Waals surface area contributed by atoms with E-state index in [2.05, 4.69) is 32.6 Å². The number of rotatable bonds is 8. The molecule has 0 aliphatic heterocycles. The number of hydrogen-bond acceptors (Lipinski definition) is 6. The van der Waals surface area contributed by atoms with Gasteiger partial charge in [0.25, 0.3) is 12.4 Å². The van der Waals surface area contributed by atoms with Crippen molar-refractivity contribution < 1.29 is 14.7 Å². The molecule has 3 rings (SSSR count). The molecule has 0 saturated heterocycles. The first-order valence-corrected chi connectivity index (χ1v) is 9.87. The van der Waals surface area contributed by atoms with Crippen LogP contribution in [0.15, 0.2) is 30.6 Å². The molecular weight excluding hydrogens is 384 g/mol. The second kappa shape index (κ2) is 11.5. The van der Waals surface area contributed by atoms with Crippen molar-refractivity contribution >= 4 is 23.7 Å². The van der Waals surface area contributed by atoms with Crippen LogP contribution in [0.2, 0.25) is 0 Å². The first-order valence-electron chi connectivity index (χ1n) is 9.87. The number of unbranched alkanes of at least 4 members (excludes halogenated alkanes) is 1. The van der Waals surface area contributed by atoms with Crippen LogP contribution >= 0.6 is 0 Å². The minimum Gasteiger partial charge on any atom is -0.483 e. The van der Waals surface area contributed by atoms with Crippen LogP contribution in [0.1, 0.15) is 47.2 Å². The summed E-state index contributed by atoms with van der Waals surface area (Å²) in [6.07, 6.45) is 6.54. The number of carboxylic acid groups (broad SMARTS) is 1. The zero-order valence-electron chi connectivity index (χ0n) is 17.6. The van der Waals surface area contributed by atoms with E-state index < -0.39 is 0 Å². The van der Waals surface area contributed by atoms with Gasteiger partial charge in [-0.1, -0.05) is 19.4 Å². The van der Waals surface area contributed by atoms with Gasteiger partial charge in [0, 0.05) is 37.5 Å². The summed E-state index contributed by atoms with van der Waals surface area (Å²) in [5.74, 6) is 1.54. The Kier molecular flexibility index (Phi) is 8.74. The van der Waals surface area contributed by atoms with Crippen LogP contribution in [0.3, 0.4) is 0 Å². The zero-order chi connectivity index (χ0) is 21.9. The predicted molar refractivity (Wildman–Crippen MR) is 115 cm³/mol. The van der Waals surface area contributed by atoms with E-state index in [1.165, 1.54) is 0 Å². The molecular formula is C21H28N6O3. The number of aromatic nitrogens is 4. The third kappa shape index (κ3) is 6.26. The summed E-state index contributed by atoms with van der Waals surface area (Å²) in [6.45, 7) is 6.94. The second-order valence-corrected chi connectivity index (χ2v) is 6.75. The summed E-state index contributed by atoms with van der Waals surface area (Å²) in [5, 5.41) is 17.3. The van der Waals surface area contributed by atoms with E-state index in [0.717, 1.165) is 47.7 Å². The zero-order valence-corrected chi connectivity index (χ0v) is 17.6. The van der Waals surface area contributed by atoms with Gasteiger partial charge < -0.3 is 15.7 Å². The van der Waals surface area contributed by atoms with Crippen molar-refractivity contribution in [1.29, 1.82) is 0 Å². The molecule has 3 aromatic rings. The van der Waals surface area contributed by atoms with Crippen molar-refractivity contribution in [3.8, 4) is 0 Å². The Morgan fingerprint density at radius 2 is 2.03 bits per heavy atom. The molecule has 0 bridgehead atoms. The largest absolute Gasteiger partial charge is 0.483 e. The molecule has 1 amide bonds. The van der Waals surface area contributed by atoms with Crippen molar-refractivity contribution in [2.75, 3.05) is 18.4 Å². The Hall–Kier alpha value is -3.49. The third-order valence-electron chi connectivity index (χ3n) is 4.36. The maximum absolute atomic E-state index is 12.5. The highest BCUT2D eigenvalue weighted by atomic mass is 16.3. The number of fused-ring (bicyclic) bond motifs is 1. The predicted octanol–water partition coefficient (Wildman–Crippen LogP) is 2.63. The number of nitrogens with one attached hydrogen (secondary N) is 2. The van der Waals surface area contributed by atoms with E-state index in [1.54, 1.807) is 10.7 Å². The van der Waals surface area contributed by atoms with E-state index in [4.69, 9.17) is 9.90 Å². The standard InChI is InChI=1S/C20H26N6O.CH2O2/c1-4-5-8-17-24-15(3)12-18(25-17)21-9-10-22-20(27)16-13-23-26-11-6-7-14(2)19(16)26;2-1-3/h6-7,11-13H,4-5,8-10H2,1-3H3,(H,22,27)(H,21,24,25);1H,(H,2,3). The summed E-state index contributed by atoms with van der Waals surface area (Å²) < 4.78 is 1.73. The average molecular weight is 412 g/mol. The van der Waals surface area contributed by atoms with E-state index in [9.17, 15) is 4.79 Å². The minimum absolute atomic E-state index is 0.122. The molecule has 0 spiro atoms. The monoisotopic (exact) mass is 412 g/mol. The van der Waals surface area contributed by atoms with Crippen LogP contribution < -0.4 is 10.6 Å². The molecule has 3 heterocycles. The van der Waals surface area contributed by atoms with Gasteiger partial charge in [0.05, 0.1) is 17.3 Å². The highest BCUT2D eigenvalue weighted by Crippen LogP contribution is 2.15. The number of carbonyl (C=O) groups is 2. The van der Waals surface area contributed by atoms with Crippen molar-refractivity contribution in [2.24, 2.45) is 0 Å². The number of nitrogens with zero attached hydrogens (tertiary/aromatic N) is 4. The summed E-state index contributed by atoms with van der Waals surface area (Å²) >= 11 is 0. The SMILES string of the molecule is CCCCc1nc(C)cc(NCCNC(=O)c2cnn3cccc(C)c23)n1.O=CO. The van der Waals surface area contributed by atoms with Gasteiger partial charge in [-0.25, -0.2) is 14.5 Å². The number of carbonyl (C=O) groups excluding carboxylic acids is 1. The molecule has 30 heavy (non-hydrogen) atoms. The van der Waals surface area contributed by atoms with Crippen molar-refractivity contribution in [2.45, 2.75) is 40.0 Å². The summed E-state index contributed by atoms with van der Waals surface area (Å²) in [7, 11) is 0. The van der Waals surface area contributed by atoms with Gasteiger partial charge in [0.15, 0.2) is 0 Å². The Morgan fingerprint density at radius 1 is 1.27 bits per heavy atom. The molecule has 3 aromatic heterocycles. The van der Waals surface area contributed by atoms with Crippen molar-refractivity contribution in [3.63, 3.8) is 0 Å². The molecule has 3 N–H and O–H groups in total. The number of anilines is 1. The molecule has 9 heteroatoms. The van der Waals surface area contributed by atoms with Crippen LogP contribution in [0.25, 0.3) is 5.52 Å². The quantitative estimate of drug-likeness (QED) is 0.384. The van der Waals surface area contributed by atoms with Gasteiger partial charge in [0.1, 0.15) is 11.6 Å². The normalized spacial score (nSPS) is 10.2. The first kappa shape index (κ1) is 22.8. The Bertz CT molecular complexity index is 986. The van der Waals surface area contributed by atoms with Gasteiger partial charge >= 0.3 is 0 Å². The maximum atomic E-state index is 12.5. The number of pyridine rings is 1. The van der Waals surface area contributed by atoms with Crippen molar-refractivity contribution in [3.05, 3.63) is 53.2 Å². The lowest BCUT2D eigenvalue weighted by molar-refractivity contribution is -0.122. The fourth-order valence-electron chi connectivity index (χ4n) is 3.01. The molecule has 0 fully saturated rings. The molecule has 0 aliphatic carbocycles. The lowest BCUT2D eigenvalue weighted by Crippen LogP contribution is -2.29. The van der Waals surface area contributed by atoms with Crippen LogP contribution in [-0.4, -0.2) is 50.2 Å². The summed E-state index contributed by atoms with van der Waals surface area (Å²) in [5.41, 5.74) is 3.40. The fraction of sp³-hybridized carbons (Fsp3) is 0.381. The van der Waals surface area contributed by atoms with E-state index in [-0.39, 0.29) is 12.4 Å². The van der Waals surface area contributed by atoms with Crippen molar-refractivity contribution in [1.82, 2.24) is 24.9 Å². The van der Waals surface area contributed by atoms with E-state index in [0.29, 0.717) is 18.7 Å². The molecule has 0 unspecified atom stereocenters. The molecule has 0 atom stereocenters. The molecule has 0 aromatic carbocycles. The van der Waals surface area contributed by atoms with Gasteiger partial charge in [0.2, 0.25) is 0 Å². The van der Waals surface area contributed by atoms with E-state index >= 15 is 0 Å². The molecule has 0 aliphatic rings. The Labute approximate surface area is 175 Å². The highest BCUT2D eigenvalue weighted by molar-refractivity contribution is 6.01. The smallest absolute Gasteiger partial charge is 0.290 e. The van der Waals surface area contributed by atoms with Gasteiger partial charge in [-0.15, -0.1) is 0 Å². The van der Waals surface area contributed by atoms with Gasteiger partial charge in [-0.3, -0.25) is 9.59 Å². The fourth-order valence-corrected chi connectivity index (χ4v) is 3.01. The highest BCUT2D eigenvalue weighted by Gasteiger charge is 2.13. The minimum atomic E-state index is -0.250. The summed E-state index contributed by atoms with van der Waals surface area (Å²) in [4.78, 5) is 29.9. The van der Waals surface area contributed by atoms with E-state index in [1.807, 2.05) is 38.2 Å².